The fraction of sp³-hybridized carbons (Fsp3) is 0.259. The van der Waals surface area contributed by atoms with Gasteiger partial charge in [0.1, 0.15) is 17.7 Å². The maximum atomic E-state index is 15.4. The predicted octanol–water partition coefficient (Wildman–Crippen LogP) is 3.04. The lowest BCUT2D eigenvalue weighted by molar-refractivity contribution is 0.245. The van der Waals surface area contributed by atoms with Crippen molar-refractivity contribution in [3.05, 3.63) is 66.8 Å². The molecule has 1 aliphatic heterocycles. The Morgan fingerprint density at radius 1 is 0.950 bits per heavy atom. The molecule has 1 fully saturated rings. The first-order valence-electron chi connectivity index (χ1n) is 13.0. The molecule has 6 aromatic rings. The molecular weight excluding hydrogens is 513 g/mol. The lowest BCUT2D eigenvalue weighted by Crippen LogP contribution is -2.47. The van der Waals surface area contributed by atoms with Crippen molar-refractivity contribution in [3.63, 3.8) is 0 Å². The summed E-state index contributed by atoms with van der Waals surface area (Å²) in [7, 11) is 0. The number of hydrogen-bond donors (Lipinski definition) is 1. The maximum absolute atomic E-state index is 15.4. The fourth-order valence-electron chi connectivity index (χ4n) is 5.12. The summed E-state index contributed by atoms with van der Waals surface area (Å²) >= 11 is 0. The smallest absolute Gasteiger partial charge is 0.225 e. The van der Waals surface area contributed by atoms with Crippen LogP contribution in [0.5, 0.6) is 0 Å². The summed E-state index contributed by atoms with van der Waals surface area (Å²) in [4.78, 5) is 22.3. The molecule has 1 saturated heterocycles. The van der Waals surface area contributed by atoms with Crippen molar-refractivity contribution in [2.75, 3.05) is 43.4 Å². The van der Waals surface area contributed by atoms with Crippen LogP contribution in [-0.4, -0.2) is 77.0 Å². The second kappa shape index (κ2) is 9.68. The van der Waals surface area contributed by atoms with Crippen molar-refractivity contribution in [1.82, 2.24) is 44.2 Å². The Morgan fingerprint density at radius 3 is 2.60 bits per heavy atom. The maximum Gasteiger partial charge on any atom is 0.225 e. The molecule has 6 heterocycles. The Bertz CT molecular complexity index is 1820. The fourth-order valence-corrected chi connectivity index (χ4v) is 5.12. The van der Waals surface area contributed by atoms with Gasteiger partial charge in [0, 0.05) is 51.4 Å². The highest BCUT2D eigenvalue weighted by atomic mass is 19.1. The van der Waals surface area contributed by atoms with Crippen molar-refractivity contribution in [2.45, 2.75) is 13.5 Å². The highest BCUT2D eigenvalue weighted by molar-refractivity contribution is 5.90. The van der Waals surface area contributed by atoms with Crippen LogP contribution < -0.4 is 10.6 Å². The minimum absolute atomic E-state index is 0.234. The Morgan fingerprint density at radius 2 is 1.82 bits per heavy atom. The average molecular weight is 540 g/mol. The Balaban J connectivity index is 1.05. The zero-order valence-corrected chi connectivity index (χ0v) is 21.8. The number of rotatable bonds is 6. The van der Waals surface area contributed by atoms with Gasteiger partial charge in [0.15, 0.2) is 23.0 Å². The number of pyridine rings is 1. The SMILES string of the molecule is Cc1nc(-c2cccc(N3CCN(CCn4ncc5c4nc(N)n4nc(-c6ccccn6)nc54)CC3)c2F)co1. The molecule has 2 N–H and O–H groups in total. The molecule has 1 aliphatic rings. The third kappa shape index (κ3) is 4.20. The van der Waals surface area contributed by atoms with Crippen molar-refractivity contribution in [3.8, 4) is 22.8 Å². The van der Waals surface area contributed by atoms with Crippen LogP contribution in [0.15, 0.2) is 59.5 Å². The zero-order chi connectivity index (χ0) is 27.2. The number of nitrogens with zero attached hydrogens (tertiary/aromatic N) is 10. The van der Waals surface area contributed by atoms with E-state index in [-0.39, 0.29) is 11.8 Å². The molecular formula is C27H26FN11O. The van der Waals surface area contributed by atoms with Gasteiger partial charge in [-0.15, -0.1) is 5.10 Å². The first-order chi connectivity index (χ1) is 19.5. The molecule has 12 nitrogen and oxygen atoms in total. The number of aryl methyl sites for hydroxylation is 1. The number of nitrogen functional groups attached to an aromatic ring is 1. The van der Waals surface area contributed by atoms with Crippen molar-refractivity contribution >= 4 is 28.3 Å². The number of aromatic nitrogens is 8. The largest absolute Gasteiger partial charge is 0.449 e. The van der Waals surface area contributed by atoms with Gasteiger partial charge in [-0.2, -0.15) is 14.6 Å². The molecule has 13 heteroatoms. The number of fused-ring (bicyclic) bond motifs is 3. The number of benzene rings is 1. The van der Waals surface area contributed by atoms with Gasteiger partial charge < -0.3 is 15.1 Å². The molecule has 0 radical (unpaired) electrons. The van der Waals surface area contributed by atoms with E-state index in [0.29, 0.717) is 65.3 Å². The van der Waals surface area contributed by atoms with Crippen LogP contribution in [0.3, 0.4) is 0 Å². The van der Waals surface area contributed by atoms with Crippen LogP contribution in [0.1, 0.15) is 5.89 Å². The first kappa shape index (κ1) is 24.2. The Hall–Kier alpha value is -4.91. The Kier molecular flexibility index (Phi) is 5.85. The van der Waals surface area contributed by atoms with Crippen molar-refractivity contribution < 1.29 is 8.81 Å². The molecule has 40 heavy (non-hydrogen) atoms. The van der Waals surface area contributed by atoms with E-state index >= 15 is 4.39 Å². The quantitative estimate of drug-likeness (QED) is 0.337. The number of oxazole rings is 1. The Labute approximate surface area is 227 Å². The molecule has 7 rings (SSSR count). The number of anilines is 2. The van der Waals surface area contributed by atoms with Gasteiger partial charge >= 0.3 is 0 Å². The average Bonchev–Trinajstić information content (AvgIpc) is 3.72. The zero-order valence-electron chi connectivity index (χ0n) is 21.8. The van der Waals surface area contributed by atoms with Gasteiger partial charge in [-0.3, -0.25) is 9.88 Å². The third-order valence-electron chi connectivity index (χ3n) is 7.21. The molecule has 0 saturated carbocycles. The van der Waals surface area contributed by atoms with E-state index < -0.39 is 0 Å². The lowest BCUT2D eigenvalue weighted by Gasteiger charge is -2.36. The van der Waals surface area contributed by atoms with Crippen LogP contribution in [0.2, 0.25) is 0 Å². The summed E-state index contributed by atoms with van der Waals surface area (Å²) < 4.78 is 24.0. The van der Waals surface area contributed by atoms with Gasteiger partial charge in [-0.05, 0) is 24.3 Å². The predicted molar refractivity (Wildman–Crippen MR) is 147 cm³/mol. The molecule has 5 aromatic heterocycles. The standard InChI is InChI=1S/C27H26FN11O/c1-17-32-21(16-40-17)18-5-4-7-22(23(18)28)37-12-9-36(10-13-37)11-14-38-25-19(15-31-38)26-33-24(20-6-2-3-8-30-20)35-39(26)27(29)34-25/h2-8,15-16H,9-14H2,1H3,(H2,29,34). The molecule has 202 valence electrons. The number of halogens is 1. The number of piperazine rings is 1. The summed E-state index contributed by atoms with van der Waals surface area (Å²) in [6.45, 7) is 6.15. The monoisotopic (exact) mass is 539 g/mol. The molecule has 1 aromatic carbocycles. The third-order valence-corrected chi connectivity index (χ3v) is 7.21. The van der Waals surface area contributed by atoms with E-state index in [1.54, 1.807) is 25.4 Å². The molecule has 0 unspecified atom stereocenters. The second-order valence-electron chi connectivity index (χ2n) is 9.68. The highest BCUT2D eigenvalue weighted by Crippen LogP contribution is 2.30. The van der Waals surface area contributed by atoms with E-state index in [1.807, 2.05) is 35.0 Å². The van der Waals surface area contributed by atoms with E-state index in [1.165, 1.54) is 10.8 Å². The van der Waals surface area contributed by atoms with Crippen LogP contribution >= 0.6 is 0 Å². The lowest BCUT2D eigenvalue weighted by atomic mass is 10.1. The van der Waals surface area contributed by atoms with Gasteiger partial charge in [0.05, 0.1) is 23.8 Å². The second-order valence-corrected chi connectivity index (χ2v) is 9.68. The van der Waals surface area contributed by atoms with E-state index in [4.69, 9.17) is 10.2 Å². The van der Waals surface area contributed by atoms with Crippen LogP contribution in [0.25, 0.3) is 39.5 Å². The summed E-state index contributed by atoms with van der Waals surface area (Å²) in [6, 6.07) is 11.0. The summed E-state index contributed by atoms with van der Waals surface area (Å²) in [5.41, 5.74) is 9.69. The van der Waals surface area contributed by atoms with Crippen LogP contribution in [0, 0.1) is 12.7 Å². The summed E-state index contributed by atoms with van der Waals surface area (Å²) in [5, 5.41) is 9.83. The van der Waals surface area contributed by atoms with Crippen molar-refractivity contribution in [1.29, 1.82) is 0 Å². The van der Waals surface area contributed by atoms with Gasteiger partial charge in [0.2, 0.25) is 11.8 Å². The van der Waals surface area contributed by atoms with Crippen molar-refractivity contribution in [2.24, 2.45) is 0 Å². The highest BCUT2D eigenvalue weighted by Gasteiger charge is 2.23. The number of nitrogens with two attached hydrogens (primary N) is 1. The molecule has 0 bridgehead atoms. The van der Waals surface area contributed by atoms with E-state index in [2.05, 4.69) is 39.9 Å². The van der Waals surface area contributed by atoms with Crippen LogP contribution in [-0.2, 0) is 6.54 Å². The summed E-state index contributed by atoms with van der Waals surface area (Å²) in [5.74, 6) is 0.946. The topological polar surface area (TPSA) is 132 Å². The first-order valence-corrected chi connectivity index (χ1v) is 13.0. The molecule has 0 aliphatic carbocycles. The van der Waals surface area contributed by atoms with Gasteiger partial charge in [0.25, 0.3) is 0 Å². The normalized spacial score (nSPS) is 14.5. The molecule has 0 amide bonds. The summed E-state index contributed by atoms with van der Waals surface area (Å²) in [6.07, 6.45) is 4.94. The van der Waals surface area contributed by atoms with Crippen LogP contribution in [0.4, 0.5) is 16.0 Å². The minimum Gasteiger partial charge on any atom is -0.449 e. The number of hydrogen-bond acceptors (Lipinski definition) is 10. The van der Waals surface area contributed by atoms with E-state index in [0.717, 1.165) is 25.0 Å². The molecule has 0 spiro atoms. The van der Waals surface area contributed by atoms with Gasteiger partial charge in [-0.25, -0.2) is 19.0 Å². The van der Waals surface area contributed by atoms with E-state index in [9.17, 15) is 0 Å². The minimum atomic E-state index is -0.276. The van der Waals surface area contributed by atoms with Gasteiger partial charge in [-0.1, -0.05) is 12.1 Å². The molecule has 0 atom stereocenters.